The van der Waals surface area contributed by atoms with Crippen molar-refractivity contribution in [2.75, 3.05) is 5.32 Å². The molecule has 0 saturated heterocycles. The van der Waals surface area contributed by atoms with Gasteiger partial charge >= 0.3 is 0 Å². The summed E-state index contributed by atoms with van der Waals surface area (Å²) < 4.78 is 1.82. The van der Waals surface area contributed by atoms with Crippen molar-refractivity contribution < 1.29 is 9.72 Å². The van der Waals surface area contributed by atoms with Gasteiger partial charge in [-0.2, -0.15) is 0 Å². The summed E-state index contributed by atoms with van der Waals surface area (Å²) in [6.45, 7) is 3.83. The van der Waals surface area contributed by atoms with Gasteiger partial charge in [-0.25, -0.2) is 4.98 Å². The lowest BCUT2D eigenvalue weighted by atomic mass is 10.0. The average Bonchev–Trinajstić information content (AvgIpc) is 3.15. The normalized spacial score (nSPS) is 10.8. The molecule has 7 heteroatoms. The van der Waals surface area contributed by atoms with Gasteiger partial charge in [-0.15, -0.1) is 0 Å². The van der Waals surface area contributed by atoms with Crippen LogP contribution in [-0.4, -0.2) is 20.2 Å². The van der Waals surface area contributed by atoms with Crippen molar-refractivity contribution in [3.05, 3.63) is 93.9 Å². The minimum Gasteiger partial charge on any atom is -0.322 e. The van der Waals surface area contributed by atoms with Crippen LogP contribution in [0, 0.1) is 24.0 Å². The summed E-state index contributed by atoms with van der Waals surface area (Å²) in [6, 6.07) is 13.7. The van der Waals surface area contributed by atoms with Gasteiger partial charge in [-0.05, 0) is 49.7 Å². The summed E-state index contributed by atoms with van der Waals surface area (Å²) in [4.78, 5) is 28.0. The van der Waals surface area contributed by atoms with E-state index in [0.717, 1.165) is 22.3 Å². The van der Waals surface area contributed by atoms with Gasteiger partial charge < -0.3 is 9.72 Å². The van der Waals surface area contributed by atoms with Crippen LogP contribution in [0.2, 0.25) is 0 Å². The maximum absolute atomic E-state index is 12.4. The zero-order chi connectivity index (χ0) is 20.5. The second-order valence-corrected chi connectivity index (χ2v) is 6.87. The van der Waals surface area contributed by atoms with Crippen LogP contribution in [0.15, 0.2) is 67.1 Å². The number of carbonyl (C=O) groups is 1. The molecule has 144 valence electrons. The SMILES string of the molecule is Cc1ccc(C(=O)Nc2ccc(-c3cn4ccnc4cc3C)c([N+](=O)[O-])c2)cc1. The minimum atomic E-state index is -0.436. The monoisotopic (exact) mass is 386 g/mol. The molecule has 0 unspecified atom stereocenters. The molecule has 0 aliphatic carbocycles. The van der Waals surface area contributed by atoms with Crippen molar-refractivity contribution in [1.29, 1.82) is 0 Å². The number of nitro benzene ring substituents is 1. The summed E-state index contributed by atoms with van der Waals surface area (Å²) in [7, 11) is 0. The standard InChI is InChI=1S/C22H18N4O3/c1-14-3-5-16(6-4-14)22(27)24-17-7-8-18(20(12-17)26(28)29)19-13-25-10-9-23-21(25)11-15(19)2/h3-13H,1-2H3,(H,24,27). The Kier molecular flexibility index (Phi) is 4.56. The zero-order valence-electron chi connectivity index (χ0n) is 15.9. The highest BCUT2D eigenvalue weighted by atomic mass is 16.6. The van der Waals surface area contributed by atoms with E-state index in [1.165, 1.54) is 6.07 Å². The average molecular weight is 386 g/mol. The first-order valence-corrected chi connectivity index (χ1v) is 9.02. The van der Waals surface area contributed by atoms with Gasteiger partial charge in [0.2, 0.25) is 0 Å². The first kappa shape index (κ1) is 18.4. The van der Waals surface area contributed by atoms with Crippen LogP contribution in [0.4, 0.5) is 11.4 Å². The number of carbonyl (C=O) groups excluding carboxylic acids is 1. The highest BCUT2D eigenvalue weighted by Gasteiger charge is 2.19. The summed E-state index contributed by atoms with van der Waals surface area (Å²) in [5, 5.41) is 14.5. The third-order valence-electron chi connectivity index (χ3n) is 4.79. The van der Waals surface area contributed by atoms with E-state index in [0.29, 0.717) is 16.8 Å². The van der Waals surface area contributed by atoms with Gasteiger partial charge in [0.25, 0.3) is 11.6 Å². The van der Waals surface area contributed by atoms with Crippen molar-refractivity contribution >= 4 is 22.9 Å². The lowest BCUT2D eigenvalue weighted by Gasteiger charge is -2.11. The Balaban J connectivity index is 1.71. The van der Waals surface area contributed by atoms with Crippen molar-refractivity contribution in [3.8, 4) is 11.1 Å². The van der Waals surface area contributed by atoms with Crippen molar-refractivity contribution in [2.24, 2.45) is 0 Å². The number of nitro groups is 1. The molecule has 4 aromatic rings. The van der Waals surface area contributed by atoms with Gasteiger partial charge in [-0.3, -0.25) is 14.9 Å². The minimum absolute atomic E-state index is 0.0747. The summed E-state index contributed by atoms with van der Waals surface area (Å²) >= 11 is 0. The number of rotatable bonds is 4. The Bertz CT molecular complexity index is 1240. The fourth-order valence-electron chi connectivity index (χ4n) is 3.24. The molecule has 0 bridgehead atoms. The van der Waals surface area contributed by atoms with Crippen LogP contribution in [-0.2, 0) is 0 Å². The van der Waals surface area contributed by atoms with Crippen LogP contribution in [0.25, 0.3) is 16.8 Å². The molecule has 0 aliphatic rings. The third kappa shape index (κ3) is 3.58. The first-order valence-electron chi connectivity index (χ1n) is 9.02. The number of amides is 1. The van der Waals surface area contributed by atoms with E-state index in [-0.39, 0.29) is 11.6 Å². The Morgan fingerprint density at radius 3 is 2.55 bits per heavy atom. The molecule has 0 fully saturated rings. The van der Waals surface area contributed by atoms with Gasteiger partial charge in [0, 0.05) is 41.5 Å². The van der Waals surface area contributed by atoms with E-state index in [2.05, 4.69) is 10.3 Å². The highest BCUT2D eigenvalue weighted by Crippen LogP contribution is 2.34. The number of hydrogen-bond donors (Lipinski definition) is 1. The van der Waals surface area contributed by atoms with E-state index in [4.69, 9.17) is 0 Å². The molecule has 4 rings (SSSR count). The second-order valence-electron chi connectivity index (χ2n) is 6.87. The zero-order valence-corrected chi connectivity index (χ0v) is 15.9. The molecule has 0 saturated carbocycles. The topological polar surface area (TPSA) is 89.5 Å². The molecule has 2 heterocycles. The second kappa shape index (κ2) is 7.20. The van der Waals surface area contributed by atoms with Crippen LogP contribution < -0.4 is 5.32 Å². The van der Waals surface area contributed by atoms with Gasteiger partial charge in [0.15, 0.2) is 0 Å². The molecular formula is C22H18N4O3. The number of imidazole rings is 1. The number of nitrogens with zero attached hydrogens (tertiary/aromatic N) is 3. The third-order valence-corrected chi connectivity index (χ3v) is 4.79. The fraction of sp³-hybridized carbons (Fsp3) is 0.0909. The predicted octanol–water partition coefficient (Wildman–Crippen LogP) is 4.78. The van der Waals surface area contributed by atoms with E-state index >= 15 is 0 Å². The van der Waals surface area contributed by atoms with Crippen LogP contribution in [0.5, 0.6) is 0 Å². The molecule has 2 aromatic carbocycles. The lowest BCUT2D eigenvalue weighted by Crippen LogP contribution is -2.12. The number of fused-ring (bicyclic) bond motifs is 1. The summed E-state index contributed by atoms with van der Waals surface area (Å²) in [6.07, 6.45) is 5.29. The quantitative estimate of drug-likeness (QED) is 0.404. The smallest absolute Gasteiger partial charge is 0.279 e. The number of nitrogens with one attached hydrogen (secondary N) is 1. The summed E-state index contributed by atoms with van der Waals surface area (Å²) in [5.74, 6) is -0.317. The Hall–Kier alpha value is -4.00. The summed E-state index contributed by atoms with van der Waals surface area (Å²) in [5.41, 5.74) is 4.70. The number of hydrogen-bond acceptors (Lipinski definition) is 4. The Morgan fingerprint density at radius 2 is 1.83 bits per heavy atom. The number of aromatic nitrogens is 2. The van der Waals surface area contributed by atoms with Gasteiger partial charge in [0.05, 0.1) is 10.5 Å². The van der Waals surface area contributed by atoms with E-state index in [9.17, 15) is 14.9 Å². The van der Waals surface area contributed by atoms with E-state index < -0.39 is 4.92 Å². The molecular weight excluding hydrogens is 368 g/mol. The van der Waals surface area contributed by atoms with Crippen LogP contribution in [0.3, 0.4) is 0 Å². The molecule has 29 heavy (non-hydrogen) atoms. The maximum Gasteiger partial charge on any atom is 0.279 e. The molecule has 2 aromatic heterocycles. The van der Waals surface area contributed by atoms with Crippen molar-refractivity contribution in [2.45, 2.75) is 13.8 Å². The molecule has 0 radical (unpaired) electrons. The molecule has 0 spiro atoms. The van der Waals surface area contributed by atoms with E-state index in [1.807, 2.05) is 42.6 Å². The number of anilines is 1. The highest BCUT2D eigenvalue weighted by molar-refractivity contribution is 6.04. The largest absolute Gasteiger partial charge is 0.322 e. The number of pyridine rings is 1. The number of aryl methyl sites for hydroxylation is 2. The molecule has 0 aliphatic heterocycles. The molecule has 0 atom stereocenters. The molecule has 1 N–H and O–H groups in total. The van der Waals surface area contributed by atoms with Crippen LogP contribution >= 0.6 is 0 Å². The molecule has 7 nitrogen and oxygen atoms in total. The van der Waals surface area contributed by atoms with Crippen molar-refractivity contribution in [1.82, 2.24) is 9.38 Å². The maximum atomic E-state index is 12.4. The predicted molar refractivity (Wildman–Crippen MR) is 111 cm³/mol. The fourth-order valence-corrected chi connectivity index (χ4v) is 3.24. The first-order chi connectivity index (χ1) is 13.9. The van der Waals surface area contributed by atoms with Crippen molar-refractivity contribution in [3.63, 3.8) is 0 Å². The number of benzene rings is 2. The Morgan fingerprint density at radius 1 is 1.07 bits per heavy atom. The molecule has 1 amide bonds. The van der Waals surface area contributed by atoms with Crippen LogP contribution in [0.1, 0.15) is 21.5 Å². The van der Waals surface area contributed by atoms with Gasteiger partial charge in [0.1, 0.15) is 5.65 Å². The van der Waals surface area contributed by atoms with E-state index in [1.54, 1.807) is 36.7 Å². The lowest BCUT2D eigenvalue weighted by molar-refractivity contribution is -0.384. The Labute approximate surface area is 166 Å². The van der Waals surface area contributed by atoms with Gasteiger partial charge in [-0.1, -0.05) is 17.7 Å².